The van der Waals surface area contributed by atoms with Crippen LogP contribution in [0.1, 0.15) is 33.8 Å². The third-order valence-electron chi connectivity index (χ3n) is 3.56. The first-order valence-corrected chi connectivity index (χ1v) is 6.98. The number of ether oxygens (including phenoxy) is 1. The Morgan fingerprint density at radius 3 is 2.96 bits per heavy atom. The topological polar surface area (TPSA) is 75.8 Å². The lowest BCUT2D eigenvalue weighted by Crippen LogP contribution is -2.25. The molecular formula is C15H14F2N2O4. The van der Waals surface area contributed by atoms with Crippen molar-refractivity contribution in [1.29, 1.82) is 0 Å². The number of carboxylic acids is 1. The Morgan fingerprint density at radius 2 is 2.26 bits per heavy atom. The van der Waals surface area contributed by atoms with Gasteiger partial charge in [0.2, 0.25) is 0 Å². The molecule has 0 atom stereocenters. The molecule has 0 bridgehead atoms. The van der Waals surface area contributed by atoms with Gasteiger partial charge in [0, 0.05) is 24.7 Å². The van der Waals surface area contributed by atoms with Crippen LogP contribution >= 0.6 is 0 Å². The van der Waals surface area contributed by atoms with Crippen LogP contribution in [0.15, 0.2) is 28.8 Å². The molecule has 0 radical (unpaired) electrons. The van der Waals surface area contributed by atoms with Gasteiger partial charge in [-0.1, -0.05) is 17.3 Å². The first-order chi connectivity index (χ1) is 11.0. The van der Waals surface area contributed by atoms with Gasteiger partial charge < -0.3 is 14.4 Å². The normalized spacial score (nSPS) is 15.1. The summed E-state index contributed by atoms with van der Waals surface area (Å²) in [6, 6.07) is 6.15. The Balaban J connectivity index is 1.78. The Labute approximate surface area is 130 Å². The number of hydrogen-bond acceptors (Lipinski definition) is 5. The second-order valence-corrected chi connectivity index (χ2v) is 5.18. The Hall–Kier alpha value is -2.48. The van der Waals surface area contributed by atoms with Gasteiger partial charge in [-0.15, -0.1) is 0 Å². The molecule has 0 amide bonds. The van der Waals surface area contributed by atoms with Crippen LogP contribution in [0, 0.1) is 0 Å². The van der Waals surface area contributed by atoms with Crippen molar-refractivity contribution in [3.63, 3.8) is 0 Å². The van der Waals surface area contributed by atoms with Crippen molar-refractivity contribution >= 4 is 5.97 Å². The van der Waals surface area contributed by atoms with E-state index in [-0.39, 0.29) is 11.3 Å². The molecule has 0 aliphatic carbocycles. The predicted molar refractivity (Wildman–Crippen MR) is 74.5 cm³/mol. The molecule has 0 fully saturated rings. The summed E-state index contributed by atoms with van der Waals surface area (Å²) in [5.41, 5.74) is 0.458. The fraction of sp³-hybridized carbons (Fsp3) is 0.333. The summed E-state index contributed by atoms with van der Waals surface area (Å²) in [5, 5.41) is 12.5. The highest BCUT2D eigenvalue weighted by molar-refractivity contribution is 5.91. The fourth-order valence-corrected chi connectivity index (χ4v) is 2.51. The second-order valence-electron chi connectivity index (χ2n) is 5.18. The molecule has 0 spiro atoms. The maximum absolute atomic E-state index is 12.5. The van der Waals surface area contributed by atoms with E-state index in [2.05, 4.69) is 5.16 Å². The number of aromatic nitrogens is 1. The number of carbonyl (C=O) groups is 1. The highest BCUT2D eigenvalue weighted by atomic mass is 19.3. The molecule has 3 rings (SSSR count). The molecule has 1 aliphatic rings. The van der Waals surface area contributed by atoms with Crippen LogP contribution in [0.2, 0.25) is 0 Å². The number of aromatic carboxylic acids is 1. The number of fused-ring (bicyclic) bond motifs is 1. The van der Waals surface area contributed by atoms with Gasteiger partial charge in [0.15, 0.2) is 5.76 Å². The maximum atomic E-state index is 12.5. The first-order valence-electron chi connectivity index (χ1n) is 6.98. The van der Waals surface area contributed by atoms with E-state index in [0.29, 0.717) is 37.8 Å². The van der Waals surface area contributed by atoms with E-state index in [1.54, 1.807) is 12.1 Å². The molecule has 1 N–H and O–H groups in total. The zero-order valence-corrected chi connectivity index (χ0v) is 12.0. The molecule has 1 aliphatic heterocycles. The first kappa shape index (κ1) is 15.4. The number of carboxylic acid groups (broad SMARTS) is 1. The van der Waals surface area contributed by atoms with Gasteiger partial charge in [-0.2, -0.15) is 0 Å². The van der Waals surface area contributed by atoms with Gasteiger partial charge in [-0.25, -0.2) is 13.6 Å². The van der Waals surface area contributed by atoms with Crippen molar-refractivity contribution < 1.29 is 27.9 Å². The summed E-state index contributed by atoms with van der Waals surface area (Å²) in [4.78, 5) is 13.2. The van der Waals surface area contributed by atoms with E-state index in [1.807, 2.05) is 4.90 Å². The number of hydrogen-bond donors (Lipinski definition) is 1. The van der Waals surface area contributed by atoms with Crippen molar-refractivity contribution in [1.82, 2.24) is 10.1 Å². The van der Waals surface area contributed by atoms with E-state index < -0.39 is 12.4 Å². The third kappa shape index (κ3) is 3.31. The summed E-state index contributed by atoms with van der Waals surface area (Å²) in [6.07, 6.45) is -2.67. The summed E-state index contributed by atoms with van der Waals surface area (Å²) < 4.78 is 35.5. The molecule has 122 valence electrons. The van der Waals surface area contributed by atoms with Crippen LogP contribution < -0.4 is 4.74 Å². The van der Waals surface area contributed by atoms with Gasteiger partial charge in [0.05, 0.1) is 6.54 Å². The van der Waals surface area contributed by atoms with Crippen LogP contribution in [0.4, 0.5) is 8.78 Å². The van der Waals surface area contributed by atoms with Gasteiger partial charge in [0.25, 0.3) is 6.43 Å². The highest BCUT2D eigenvalue weighted by Gasteiger charge is 2.22. The zero-order valence-electron chi connectivity index (χ0n) is 12.0. The number of halogens is 2. The monoisotopic (exact) mass is 324 g/mol. The SMILES string of the molecule is O=C(O)c1cccc2c1OCCN(Cc1cc(C(F)F)no1)C2. The van der Waals surface area contributed by atoms with Crippen LogP contribution in [0.25, 0.3) is 0 Å². The molecule has 1 aromatic heterocycles. The van der Waals surface area contributed by atoms with E-state index in [0.717, 1.165) is 5.56 Å². The molecule has 8 heteroatoms. The molecule has 0 saturated carbocycles. The molecule has 2 aromatic rings. The van der Waals surface area contributed by atoms with Crippen molar-refractivity contribution in [2.75, 3.05) is 13.2 Å². The number of rotatable bonds is 4. The quantitative estimate of drug-likeness (QED) is 0.932. The average Bonchev–Trinajstić information content (AvgIpc) is 2.87. The van der Waals surface area contributed by atoms with Crippen molar-refractivity contribution in [3.05, 3.63) is 46.8 Å². The minimum atomic E-state index is -2.67. The number of nitrogens with zero attached hydrogens (tertiary/aromatic N) is 2. The van der Waals surface area contributed by atoms with Crippen LogP contribution in [0.5, 0.6) is 5.75 Å². The smallest absolute Gasteiger partial charge is 0.339 e. The predicted octanol–water partition coefficient (Wildman–Crippen LogP) is 2.71. The van der Waals surface area contributed by atoms with E-state index in [9.17, 15) is 18.7 Å². The number of benzene rings is 1. The lowest BCUT2D eigenvalue weighted by molar-refractivity contribution is 0.0692. The Morgan fingerprint density at radius 1 is 1.43 bits per heavy atom. The zero-order chi connectivity index (χ0) is 16.4. The van der Waals surface area contributed by atoms with Gasteiger partial charge in [-0.3, -0.25) is 4.90 Å². The van der Waals surface area contributed by atoms with E-state index in [4.69, 9.17) is 9.26 Å². The molecule has 6 nitrogen and oxygen atoms in total. The van der Waals surface area contributed by atoms with Crippen LogP contribution in [-0.4, -0.2) is 34.3 Å². The van der Waals surface area contributed by atoms with Crippen molar-refractivity contribution in [2.24, 2.45) is 0 Å². The lowest BCUT2D eigenvalue weighted by Gasteiger charge is -2.17. The van der Waals surface area contributed by atoms with Crippen molar-refractivity contribution in [2.45, 2.75) is 19.5 Å². The number of para-hydroxylation sites is 1. The molecule has 0 saturated heterocycles. The third-order valence-corrected chi connectivity index (χ3v) is 3.56. The highest BCUT2D eigenvalue weighted by Crippen LogP contribution is 2.28. The average molecular weight is 324 g/mol. The van der Waals surface area contributed by atoms with Crippen LogP contribution in [0.3, 0.4) is 0 Å². The number of alkyl halides is 2. The van der Waals surface area contributed by atoms with Gasteiger partial charge in [0.1, 0.15) is 23.6 Å². The second kappa shape index (κ2) is 6.33. The minimum Gasteiger partial charge on any atom is -0.491 e. The standard InChI is InChI=1S/C15H14F2N2O4/c16-14(17)12-6-10(23-18-12)8-19-4-5-22-13-9(7-19)2-1-3-11(13)15(20)21/h1-3,6,14H,4-5,7-8H2,(H,20,21). The van der Waals surface area contributed by atoms with Crippen LogP contribution in [-0.2, 0) is 13.1 Å². The van der Waals surface area contributed by atoms with Crippen molar-refractivity contribution in [3.8, 4) is 5.75 Å². The minimum absolute atomic E-state index is 0.115. The summed E-state index contributed by atoms with van der Waals surface area (Å²) in [6.45, 7) is 1.53. The molecule has 2 heterocycles. The van der Waals surface area contributed by atoms with Gasteiger partial charge in [-0.05, 0) is 6.07 Å². The molecular weight excluding hydrogens is 310 g/mol. The maximum Gasteiger partial charge on any atom is 0.339 e. The molecule has 23 heavy (non-hydrogen) atoms. The lowest BCUT2D eigenvalue weighted by atomic mass is 10.1. The van der Waals surface area contributed by atoms with E-state index in [1.165, 1.54) is 12.1 Å². The Bertz CT molecular complexity index is 717. The van der Waals surface area contributed by atoms with Gasteiger partial charge >= 0.3 is 5.97 Å². The summed E-state index contributed by atoms with van der Waals surface area (Å²) in [5.74, 6) is -0.362. The largest absolute Gasteiger partial charge is 0.491 e. The summed E-state index contributed by atoms with van der Waals surface area (Å²) >= 11 is 0. The molecule has 0 unspecified atom stereocenters. The Kier molecular flexibility index (Phi) is 4.24. The fourth-order valence-electron chi connectivity index (χ4n) is 2.51. The van der Waals surface area contributed by atoms with E-state index >= 15 is 0 Å². The molecule has 1 aromatic carbocycles. The summed E-state index contributed by atoms with van der Waals surface area (Å²) in [7, 11) is 0.